The SMILES string of the molecule is CC(C)CC(C)(CN)NC(=O)c1ccc2c(c1)NC(=O)CCN2C. The molecule has 1 heterocycles. The largest absolute Gasteiger partial charge is 0.372 e. The van der Waals surface area contributed by atoms with Crippen molar-refractivity contribution >= 4 is 23.2 Å². The molecule has 1 aliphatic heterocycles. The second-order valence-electron chi connectivity index (χ2n) is 7.27. The molecular weight excluding hydrogens is 304 g/mol. The van der Waals surface area contributed by atoms with Crippen LogP contribution in [0.5, 0.6) is 0 Å². The molecule has 1 unspecified atom stereocenters. The van der Waals surface area contributed by atoms with Gasteiger partial charge in [-0.1, -0.05) is 13.8 Å². The van der Waals surface area contributed by atoms with E-state index in [1.165, 1.54) is 0 Å². The smallest absolute Gasteiger partial charge is 0.251 e. The molecule has 2 rings (SSSR count). The molecule has 6 heteroatoms. The number of anilines is 2. The van der Waals surface area contributed by atoms with Crippen LogP contribution < -0.4 is 21.3 Å². The Morgan fingerprint density at radius 2 is 2.17 bits per heavy atom. The van der Waals surface area contributed by atoms with Crippen molar-refractivity contribution in [2.75, 3.05) is 30.4 Å². The van der Waals surface area contributed by atoms with Gasteiger partial charge in [0.2, 0.25) is 5.91 Å². The topological polar surface area (TPSA) is 87.5 Å². The van der Waals surface area contributed by atoms with E-state index in [0.717, 1.165) is 12.1 Å². The Bertz CT molecular complexity index is 629. The van der Waals surface area contributed by atoms with Crippen molar-refractivity contribution in [2.45, 2.75) is 39.2 Å². The van der Waals surface area contributed by atoms with Gasteiger partial charge in [-0.3, -0.25) is 9.59 Å². The minimum atomic E-state index is -0.446. The molecule has 0 saturated heterocycles. The van der Waals surface area contributed by atoms with Crippen LogP contribution in [-0.2, 0) is 4.79 Å². The molecule has 1 aromatic carbocycles. The number of nitrogens with two attached hydrogens (primary N) is 1. The third kappa shape index (κ3) is 4.26. The van der Waals surface area contributed by atoms with Gasteiger partial charge in [-0.25, -0.2) is 0 Å². The highest BCUT2D eigenvalue weighted by molar-refractivity contribution is 6.01. The van der Waals surface area contributed by atoms with Crippen LogP contribution in [0.1, 0.15) is 44.0 Å². The van der Waals surface area contributed by atoms with E-state index in [0.29, 0.717) is 36.7 Å². The Balaban J connectivity index is 2.23. The zero-order valence-electron chi connectivity index (χ0n) is 15.0. The van der Waals surface area contributed by atoms with E-state index in [1.54, 1.807) is 12.1 Å². The summed E-state index contributed by atoms with van der Waals surface area (Å²) >= 11 is 0. The van der Waals surface area contributed by atoms with E-state index in [4.69, 9.17) is 5.73 Å². The fourth-order valence-electron chi connectivity index (χ4n) is 3.15. The third-order valence-electron chi connectivity index (χ3n) is 4.34. The van der Waals surface area contributed by atoms with Crippen LogP contribution in [0.2, 0.25) is 0 Å². The number of fused-ring (bicyclic) bond motifs is 1. The molecule has 0 bridgehead atoms. The average Bonchev–Trinajstić information content (AvgIpc) is 2.65. The molecule has 4 N–H and O–H groups in total. The molecule has 6 nitrogen and oxygen atoms in total. The Morgan fingerprint density at radius 3 is 2.79 bits per heavy atom. The van der Waals surface area contributed by atoms with Gasteiger partial charge >= 0.3 is 0 Å². The molecule has 0 fully saturated rings. The molecule has 1 aromatic rings. The third-order valence-corrected chi connectivity index (χ3v) is 4.34. The standard InChI is InChI=1S/C18H28N4O2/c1-12(2)10-18(3,11-19)21-17(24)13-5-6-15-14(9-13)20-16(23)7-8-22(15)4/h5-6,9,12H,7-8,10-11,19H2,1-4H3,(H,20,23)(H,21,24). The van der Waals surface area contributed by atoms with Gasteiger partial charge in [-0.2, -0.15) is 0 Å². The van der Waals surface area contributed by atoms with Gasteiger partial charge in [0, 0.05) is 37.7 Å². The summed E-state index contributed by atoms with van der Waals surface area (Å²) in [5.74, 6) is 0.219. The monoisotopic (exact) mass is 332 g/mol. The first-order chi connectivity index (χ1) is 11.2. The molecule has 0 spiro atoms. The van der Waals surface area contributed by atoms with Gasteiger partial charge in [-0.05, 0) is 37.5 Å². The Labute approximate surface area is 143 Å². The Hall–Kier alpha value is -2.08. The van der Waals surface area contributed by atoms with Crippen molar-refractivity contribution in [2.24, 2.45) is 11.7 Å². The lowest BCUT2D eigenvalue weighted by Crippen LogP contribution is -2.52. The number of benzene rings is 1. The van der Waals surface area contributed by atoms with Gasteiger partial charge in [-0.15, -0.1) is 0 Å². The quantitative estimate of drug-likeness (QED) is 0.769. The summed E-state index contributed by atoms with van der Waals surface area (Å²) in [6.45, 7) is 7.21. The molecule has 1 atom stereocenters. The summed E-state index contributed by atoms with van der Waals surface area (Å²) in [5, 5.41) is 5.92. The molecule has 2 amide bonds. The van der Waals surface area contributed by atoms with E-state index in [2.05, 4.69) is 24.5 Å². The number of hydrogen-bond donors (Lipinski definition) is 3. The summed E-state index contributed by atoms with van der Waals surface area (Å²) in [7, 11) is 1.94. The van der Waals surface area contributed by atoms with E-state index >= 15 is 0 Å². The number of nitrogens with zero attached hydrogens (tertiary/aromatic N) is 1. The van der Waals surface area contributed by atoms with Crippen LogP contribution in [0.4, 0.5) is 11.4 Å². The minimum absolute atomic E-state index is 0.0373. The van der Waals surface area contributed by atoms with Crippen LogP contribution >= 0.6 is 0 Å². The molecule has 1 aliphatic rings. The van der Waals surface area contributed by atoms with Crippen LogP contribution in [-0.4, -0.2) is 37.5 Å². The highest BCUT2D eigenvalue weighted by Gasteiger charge is 2.27. The molecule has 0 radical (unpaired) electrons. The minimum Gasteiger partial charge on any atom is -0.372 e. The van der Waals surface area contributed by atoms with Gasteiger partial charge < -0.3 is 21.3 Å². The maximum atomic E-state index is 12.6. The van der Waals surface area contributed by atoms with Crippen LogP contribution in [0.25, 0.3) is 0 Å². The normalized spacial score (nSPS) is 16.9. The second-order valence-corrected chi connectivity index (χ2v) is 7.27. The summed E-state index contributed by atoms with van der Waals surface area (Å²) < 4.78 is 0. The van der Waals surface area contributed by atoms with Crippen LogP contribution in [0.15, 0.2) is 18.2 Å². The maximum Gasteiger partial charge on any atom is 0.251 e. The molecule has 132 valence electrons. The van der Waals surface area contributed by atoms with Crippen molar-refractivity contribution in [3.63, 3.8) is 0 Å². The zero-order valence-corrected chi connectivity index (χ0v) is 15.0. The average molecular weight is 332 g/mol. The number of rotatable bonds is 5. The van der Waals surface area contributed by atoms with Crippen molar-refractivity contribution in [3.05, 3.63) is 23.8 Å². The lowest BCUT2D eigenvalue weighted by molar-refractivity contribution is -0.115. The molecule has 0 aliphatic carbocycles. The van der Waals surface area contributed by atoms with Gasteiger partial charge in [0.25, 0.3) is 5.91 Å². The fourth-order valence-corrected chi connectivity index (χ4v) is 3.15. The highest BCUT2D eigenvalue weighted by atomic mass is 16.2. The first kappa shape index (κ1) is 18.3. The van der Waals surface area contributed by atoms with E-state index in [-0.39, 0.29) is 11.8 Å². The van der Waals surface area contributed by atoms with Crippen molar-refractivity contribution in [3.8, 4) is 0 Å². The predicted octanol–water partition coefficient (Wildman–Crippen LogP) is 1.96. The first-order valence-corrected chi connectivity index (χ1v) is 8.42. The lowest BCUT2D eigenvalue weighted by atomic mass is 9.90. The number of carbonyl (C=O) groups is 2. The van der Waals surface area contributed by atoms with Crippen molar-refractivity contribution in [1.82, 2.24) is 5.32 Å². The molecule has 24 heavy (non-hydrogen) atoms. The molecular formula is C18H28N4O2. The number of hydrogen-bond acceptors (Lipinski definition) is 4. The Kier molecular flexibility index (Phi) is 5.49. The summed E-state index contributed by atoms with van der Waals surface area (Å²) in [6, 6.07) is 5.39. The van der Waals surface area contributed by atoms with Crippen molar-refractivity contribution in [1.29, 1.82) is 0 Å². The summed E-state index contributed by atoms with van der Waals surface area (Å²) in [6.07, 6.45) is 1.24. The lowest BCUT2D eigenvalue weighted by Gasteiger charge is -2.31. The highest BCUT2D eigenvalue weighted by Crippen LogP contribution is 2.29. The summed E-state index contributed by atoms with van der Waals surface area (Å²) in [4.78, 5) is 26.5. The number of amides is 2. The molecule has 0 aromatic heterocycles. The molecule has 0 saturated carbocycles. The van der Waals surface area contributed by atoms with E-state index in [1.807, 2.05) is 24.9 Å². The van der Waals surface area contributed by atoms with Crippen LogP contribution in [0, 0.1) is 5.92 Å². The van der Waals surface area contributed by atoms with Crippen LogP contribution in [0.3, 0.4) is 0 Å². The first-order valence-electron chi connectivity index (χ1n) is 8.42. The maximum absolute atomic E-state index is 12.6. The Morgan fingerprint density at radius 1 is 1.46 bits per heavy atom. The van der Waals surface area contributed by atoms with Gasteiger partial charge in [0.1, 0.15) is 0 Å². The zero-order chi connectivity index (χ0) is 17.9. The van der Waals surface area contributed by atoms with Gasteiger partial charge in [0.15, 0.2) is 0 Å². The second kappa shape index (κ2) is 7.21. The number of carbonyl (C=O) groups excluding carboxylic acids is 2. The van der Waals surface area contributed by atoms with Crippen molar-refractivity contribution < 1.29 is 9.59 Å². The summed E-state index contributed by atoms with van der Waals surface area (Å²) in [5.41, 5.74) is 7.54. The van der Waals surface area contributed by atoms with Gasteiger partial charge in [0.05, 0.1) is 11.4 Å². The number of nitrogens with one attached hydrogen (secondary N) is 2. The van der Waals surface area contributed by atoms with E-state index < -0.39 is 5.54 Å². The fraction of sp³-hybridized carbons (Fsp3) is 0.556. The predicted molar refractivity (Wildman–Crippen MR) is 97.3 cm³/mol. The van der Waals surface area contributed by atoms with E-state index in [9.17, 15) is 9.59 Å².